The van der Waals surface area contributed by atoms with Gasteiger partial charge in [0.05, 0.1) is 0 Å². The van der Waals surface area contributed by atoms with Crippen LogP contribution in [0, 0.1) is 11.7 Å². The molecule has 0 saturated carbocycles. The number of fused-ring (bicyclic) bond motifs is 1. The van der Waals surface area contributed by atoms with E-state index in [1.54, 1.807) is 18.2 Å². The minimum absolute atomic E-state index is 0.0158. The van der Waals surface area contributed by atoms with E-state index in [-0.39, 0.29) is 18.5 Å². The van der Waals surface area contributed by atoms with Crippen LogP contribution in [0.25, 0.3) is 0 Å². The predicted molar refractivity (Wildman–Crippen MR) is 109 cm³/mol. The molecule has 6 heteroatoms. The first-order valence-electron chi connectivity index (χ1n) is 10.2. The van der Waals surface area contributed by atoms with Crippen LogP contribution in [-0.4, -0.2) is 55.7 Å². The van der Waals surface area contributed by atoms with Crippen molar-refractivity contribution in [1.29, 1.82) is 0 Å². The van der Waals surface area contributed by atoms with Crippen LogP contribution < -0.4 is 9.47 Å². The molecule has 0 radical (unpaired) electrons. The number of carbonyl (C=O) groups excluding carboxylic acids is 1. The van der Waals surface area contributed by atoms with Crippen molar-refractivity contribution in [2.45, 2.75) is 19.3 Å². The summed E-state index contributed by atoms with van der Waals surface area (Å²) in [5.74, 6) is 1.67. The van der Waals surface area contributed by atoms with Gasteiger partial charge in [-0.2, -0.15) is 0 Å². The van der Waals surface area contributed by atoms with Crippen LogP contribution in [0.3, 0.4) is 0 Å². The Labute approximate surface area is 171 Å². The Morgan fingerprint density at radius 2 is 1.83 bits per heavy atom. The molecule has 0 unspecified atom stereocenters. The third-order valence-electron chi connectivity index (χ3n) is 5.84. The van der Waals surface area contributed by atoms with Crippen LogP contribution in [-0.2, 0) is 6.42 Å². The van der Waals surface area contributed by atoms with Crippen molar-refractivity contribution in [3.05, 3.63) is 59.4 Å². The Balaban J connectivity index is 1.22. The average Bonchev–Trinajstić information content (AvgIpc) is 3.21. The summed E-state index contributed by atoms with van der Waals surface area (Å²) in [5, 5.41) is 0. The van der Waals surface area contributed by atoms with Gasteiger partial charge in [-0.1, -0.05) is 12.1 Å². The first kappa shape index (κ1) is 19.7. The Hall–Kier alpha value is -2.60. The molecule has 29 heavy (non-hydrogen) atoms. The first-order chi connectivity index (χ1) is 14.1. The van der Waals surface area contributed by atoms with E-state index < -0.39 is 0 Å². The van der Waals surface area contributed by atoms with Crippen molar-refractivity contribution in [3.63, 3.8) is 0 Å². The van der Waals surface area contributed by atoms with Crippen molar-refractivity contribution in [2.75, 3.05) is 40.0 Å². The van der Waals surface area contributed by atoms with Crippen molar-refractivity contribution in [1.82, 2.24) is 9.80 Å². The van der Waals surface area contributed by atoms with Gasteiger partial charge in [0.2, 0.25) is 6.79 Å². The molecule has 1 amide bonds. The van der Waals surface area contributed by atoms with E-state index in [0.29, 0.717) is 23.0 Å². The predicted octanol–water partition coefficient (Wildman–Crippen LogP) is 3.58. The Morgan fingerprint density at radius 1 is 1.10 bits per heavy atom. The molecule has 1 saturated heterocycles. The molecule has 2 aliphatic rings. The molecule has 0 N–H and O–H groups in total. The molecule has 2 aliphatic heterocycles. The Morgan fingerprint density at radius 3 is 2.59 bits per heavy atom. The molecule has 2 aromatic carbocycles. The minimum atomic E-state index is -0.186. The van der Waals surface area contributed by atoms with Gasteiger partial charge in [0, 0.05) is 25.7 Å². The number of nitrogens with zero attached hydrogens (tertiary/aromatic N) is 2. The molecular formula is C23H27FN2O3. The van der Waals surface area contributed by atoms with Gasteiger partial charge in [0.15, 0.2) is 11.5 Å². The molecule has 0 bridgehead atoms. The van der Waals surface area contributed by atoms with E-state index in [1.807, 2.05) is 24.1 Å². The van der Waals surface area contributed by atoms with E-state index in [4.69, 9.17) is 9.47 Å². The summed E-state index contributed by atoms with van der Waals surface area (Å²) in [4.78, 5) is 17.0. The lowest BCUT2D eigenvalue weighted by Gasteiger charge is -2.34. The number of benzene rings is 2. The number of hydrogen-bond donors (Lipinski definition) is 0. The lowest BCUT2D eigenvalue weighted by molar-refractivity contribution is 0.0740. The summed E-state index contributed by atoms with van der Waals surface area (Å²) in [6.07, 6.45) is 3.11. The van der Waals surface area contributed by atoms with Crippen LogP contribution in [0.1, 0.15) is 28.8 Å². The highest BCUT2D eigenvalue weighted by Gasteiger charge is 2.23. The highest BCUT2D eigenvalue weighted by Crippen LogP contribution is 2.33. The van der Waals surface area contributed by atoms with Crippen LogP contribution in [0.4, 0.5) is 4.39 Å². The number of hydrogen-bond acceptors (Lipinski definition) is 4. The molecule has 154 valence electrons. The van der Waals surface area contributed by atoms with Crippen LogP contribution in [0.15, 0.2) is 42.5 Å². The standard InChI is InChI=1S/C23H27FN2O3/c1-25(23(27)19-4-7-21-22(14-19)29-16-28-21)15-18-9-12-26(13-10-18)11-8-17-2-5-20(24)6-3-17/h2-7,14,18H,8-13,15-16H2,1H3. The van der Waals surface area contributed by atoms with Crippen LogP contribution in [0.5, 0.6) is 11.5 Å². The molecule has 4 rings (SSSR count). The van der Waals surface area contributed by atoms with Crippen LogP contribution >= 0.6 is 0 Å². The number of amides is 1. The van der Waals surface area contributed by atoms with E-state index in [0.717, 1.165) is 45.4 Å². The quantitative estimate of drug-likeness (QED) is 0.746. The normalized spacial score (nSPS) is 16.8. The molecule has 0 aliphatic carbocycles. The zero-order valence-electron chi connectivity index (χ0n) is 16.8. The van der Waals surface area contributed by atoms with E-state index in [2.05, 4.69) is 4.90 Å². The fourth-order valence-electron chi connectivity index (χ4n) is 4.05. The van der Waals surface area contributed by atoms with Gasteiger partial charge in [0.25, 0.3) is 5.91 Å². The summed E-state index contributed by atoms with van der Waals surface area (Å²) in [7, 11) is 1.87. The minimum Gasteiger partial charge on any atom is -0.454 e. The monoisotopic (exact) mass is 398 g/mol. The second-order valence-corrected chi connectivity index (χ2v) is 7.92. The molecule has 1 fully saturated rings. The first-order valence-corrected chi connectivity index (χ1v) is 10.2. The van der Waals surface area contributed by atoms with Gasteiger partial charge in [-0.15, -0.1) is 0 Å². The highest BCUT2D eigenvalue weighted by molar-refractivity contribution is 5.94. The highest BCUT2D eigenvalue weighted by atomic mass is 19.1. The largest absolute Gasteiger partial charge is 0.454 e. The van der Waals surface area contributed by atoms with Gasteiger partial charge in [-0.05, 0) is 74.2 Å². The summed E-state index contributed by atoms with van der Waals surface area (Å²) >= 11 is 0. The van der Waals surface area contributed by atoms with E-state index in [1.165, 1.54) is 17.7 Å². The van der Waals surface area contributed by atoms with E-state index in [9.17, 15) is 9.18 Å². The molecule has 2 heterocycles. The topological polar surface area (TPSA) is 42.0 Å². The van der Waals surface area contributed by atoms with Gasteiger partial charge in [0.1, 0.15) is 5.82 Å². The maximum absolute atomic E-state index is 13.0. The lowest BCUT2D eigenvalue weighted by atomic mass is 9.95. The fraction of sp³-hybridized carbons (Fsp3) is 0.435. The molecule has 0 atom stereocenters. The molecule has 0 aromatic heterocycles. The number of ether oxygens (including phenoxy) is 2. The summed E-state index contributed by atoms with van der Waals surface area (Å²) in [6, 6.07) is 12.1. The molecular weight excluding hydrogens is 371 g/mol. The maximum Gasteiger partial charge on any atom is 0.253 e. The number of likely N-dealkylation sites (tertiary alicyclic amines) is 1. The van der Waals surface area contributed by atoms with Gasteiger partial charge < -0.3 is 19.3 Å². The molecule has 0 spiro atoms. The Bertz CT molecular complexity index is 848. The van der Waals surface area contributed by atoms with Crippen molar-refractivity contribution in [3.8, 4) is 11.5 Å². The summed E-state index contributed by atoms with van der Waals surface area (Å²) < 4.78 is 23.7. The fourth-order valence-corrected chi connectivity index (χ4v) is 4.05. The summed E-state index contributed by atoms with van der Waals surface area (Å²) in [6.45, 7) is 4.04. The third kappa shape index (κ3) is 4.88. The maximum atomic E-state index is 13.0. The third-order valence-corrected chi connectivity index (χ3v) is 5.84. The second kappa shape index (κ2) is 8.82. The number of piperidine rings is 1. The second-order valence-electron chi connectivity index (χ2n) is 7.92. The summed E-state index contributed by atoms with van der Waals surface area (Å²) in [5.41, 5.74) is 1.80. The average molecular weight is 398 g/mol. The van der Waals surface area contributed by atoms with Crippen molar-refractivity contribution in [2.24, 2.45) is 5.92 Å². The molecule has 2 aromatic rings. The van der Waals surface area contributed by atoms with Gasteiger partial charge in [-0.25, -0.2) is 4.39 Å². The van der Waals surface area contributed by atoms with Crippen molar-refractivity contribution >= 4 is 5.91 Å². The number of carbonyl (C=O) groups is 1. The number of rotatable bonds is 6. The van der Waals surface area contributed by atoms with E-state index >= 15 is 0 Å². The Kier molecular flexibility index (Phi) is 6.00. The smallest absolute Gasteiger partial charge is 0.253 e. The zero-order valence-corrected chi connectivity index (χ0v) is 16.8. The van der Waals surface area contributed by atoms with Gasteiger partial charge >= 0.3 is 0 Å². The zero-order chi connectivity index (χ0) is 20.2. The van der Waals surface area contributed by atoms with Crippen LogP contribution in [0.2, 0.25) is 0 Å². The molecule has 5 nitrogen and oxygen atoms in total. The van der Waals surface area contributed by atoms with Crippen molar-refractivity contribution < 1.29 is 18.7 Å². The number of halogens is 1. The lowest BCUT2D eigenvalue weighted by Crippen LogP contribution is -2.40. The SMILES string of the molecule is CN(CC1CCN(CCc2ccc(F)cc2)CC1)C(=O)c1ccc2c(c1)OCO2. The van der Waals surface area contributed by atoms with Gasteiger partial charge in [-0.3, -0.25) is 4.79 Å².